The monoisotopic (exact) mass is 312 g/mol. The normalized spacial score (nSPS) is 19.3. The van der Waals surface area contributed by atoms with E-state index in [0.29, 0.717) is 17.9 Å². The van der Waals surface area contributed by atoms with Crippen molar-refractivity contribution in [2.75, 3.05) is 24.2 Å². The van der Waals surface area contributed by atoms with Crippen LogP contribution in [0.3, 0.4) is 0 Å². The molecule has 0 saturated carbocycles. The number of primary sulfonamides is 1. The number of anilines is 2. The first-order valence-corrected chi connectivity index (χ1v) is 8.29. The van der Waals surface area contributed by atoms with Crippen LogP contribution in [0.4, 0.5) is 11.4 Å². The van der Waals surface area contributed by atoms with Gasteiger partial charge in [0.2, 0.25) is 15.9 Å². The fourth-order valence-corrected chi connectivity index (χ4v) is 3.20. The van der Waals surface area contributed by atoms with Gasteiger partial charge in [0.05, 0.1) is 4.90 Å². The largest absolute Gasteiger partial charge is 0.399 e. The van der Waals surface area contributed by atoms with E-state index in [1.165, 1.54) is 12.1 Å². The molecule has 0 aromatic heterocycles. The van der Waals surface area contributed by atoms with E-state index >= 15 is 0 Å². The van der Waals surface area contributed by atoms with Gasteiger partial charge in [-0.1, -0.05) is 0 Å². The highest BCUT2D eigenvalue weighted by atomic mass is 32.2. The Balaban J connectivity index is 2.43. The molecule has 1 atom stereocenters. The highest BCUT2D eigenvalue weighted by molar-refractivity contribution is 7.89. The van der Waals surface area contributed by atoms with Crippen molar-refractivity contribution < 1.29 is 13.2 Å². The zero-order valence-electron chi connectivity index (χ0n) is 11.9. The lowest BCUT2D eigenvalue weighted by Gasteiger charge is -2.36. The van der Waals surface area contributed by atoms with Gasteiger partial charge in [-0.15, -0.1) is 0 Å². The quantitative estimate of drug-likeness (QED) is 0.680. The third-order valence-electron chi connectivity index (χ3n) is 3.63. The lowest BCUT2D eigenvalue weighted by Crippen LogP contribution is -2.49. The van der Waals surface area contributed by atoms with E-state index < -0.39 is 10.0 Å². The van der Waals surface area contributed by atoms with Crippen molar-refractivity contribution in [1.82, 2.24) is 5.32 Å². The molecule has 8 heteroatoms. The predicted molar refractivity (Wildman–Crippen MR) is 81.3 cm³/mol. The third-order valence-corrected chi connectivity index (χ3v) is 4.52. The van der Waals surface area contributed by atoms with Crippen LogP contribution in [-0.2, 0) is 14.8 Å². The molecule has 1 fully saturated rings. The minimum Gasteiger partial charge on any atom is -0.399 e. The molecule has 1 saturated heterocycles. The van der Waals surface area contributed by atoms with Crippen molar-refractivity contribution in [2.45, 2.75) is 30.2 Å². The van der Waals surface area contributed by atoms with Gasteiger partial charge in [-0.25, -0.2) is 13.6 Å². The van der Waals surface area contributed by atoms with Crippen LogP contribution in [0, 0.1) is 0 Å². The van der Waals surface area contributed by atoms with E-state index in [9.17, 15) is 13.2 Å². The van der Waals surface area contributed by atoms with Gasteiger partial charge < -0.3 is 16.0 Å². The molecular formula is C13H20N4O3S. The van der Waals surface area contributed by atoms with Crippen molar-refractivity contribution in [2.24, 2.45) is 5.14 Å². The summed E-state index contributed by atoms with van der Waals surface area (Å²) in [5.74, 6) is -0.0886. The Morgan fingerprint density at radius 1 is 1.33 bits per heavy atom. The lowest BCUT2D eigenvalue weighted by molar-refractivity contribution is -0.122. The minimum atomic E-state index is -3.84. The van der Waals surface area contributed by atoms with E-state index in [1.54, 1.807) is 13.1 Å². The first-order chi connectivity index (χ1) is 9.82. The van der Waals surface area contributed by atoms with Crippen LogP contribution < -0.4 is 21.1 Å². The number of amides is 1. The first-order valence-electron chi connectivity index (χ1n) is 6.74. The van der Waals surface area contributed by atoms with E-state index in [4.69, 9.17) is 10.9 Å². The standard InChI is InChI=1S/C13H20N4O3S/c1-16-13(18)12-4-2-3-5-17(12)10-6-9(14)7-11(8-10)21(15,19)20/h6-8,12H,2-5,14H2,1H3,(H,16,18)(H2,15,19,20). The molecule has 1 heterocycles. The molecule has 0 bridgehead atoms. The number of carbonyl (C=O) groups is 1. The summed E-state index contributed by atoms with van der Waals surface area (Å²) in [6.45, 7) is 0.672. The van der Waals surface area contributed by atoms with E-state index in [0.717, 1.165) is 19.3 Å². The molecule has 1 aromatic rings. The number of nitrogens with one attached hydrogen (secondary N) is 1. The number of rotatable bonds is 3. The third kappa shape index (κ3) is 3.45. The van der Waals surface area contributed by atoms with Gasteiger partial charge in [-0.2, -0.15) is 0 Å². The van der Waals surface area contributed by atoms with Gasteiger partial charge in [0.15, 0.2) is 0 Å². The predicted octanol–water partition coefficient (Wildman–Crippen LogP) is 0.0211. The second kappa shape index (κ2) is 5.90. The average Bonchev–Trinajstić information content (AvgIpc) is 2.45. The molecular weight excluding hydrogens is 292 g/mol. The highest BCUT2D eigenvalue weighted by Crippen LogP contribution is 2.29. The Labute approximate surface area is 124 Å². The Kier molecular flexibility index (Phi) is 4.38. The van der Waals surface area contributed by atoms with Crippen molar-refractivity contribution in [3.05, 3.63) is 18.2 Å². The molecule has 116 valence electrons. The lowest BCUT2D eigenvalue weighted by atomic mass is 10.0. The zero-order valence-corrected chi connectivity index (χ0v) is 12.7. The van der Waals surface area contributed by atoms with Gasteiger partial charge in [0.1, 0.15) is 6.04 Å². The number of benzene rings is 1. The molecule has 1 aromatic carbocycles. The minimum absolute atomic E-state index is 0.0428. The SMILES string of the molecule is CNC(=O)C1CCCCN1c1cc(N)cc(S(N)(=O)=O)c1. The van der Waals surface area contributed by atoms with Gasteiger partial charge >= 0.3 is 0 Å². The first kappa shape index (κ1) is 15.6. The van der Waals surface area contributed by atoms with Crippen LogP contribution >= 0.6 is 0 Å². The molecule has 7 nitrogen and oxygen atoms in total. The summed E-state index contributed by atoms with van der Waals surface area (Å²) < 4.78 is 23.0. The molecule has 0 aliphatic carbocycles. The van der Waals surface area contributed by atoms with Crippen LogP contribution in [0.1, 0.15) is 19.3 Å². The summed E-state index contributed by atoms with van der Waals surface area (Å²) in [6.07, 6.45) is 2.62. The van der Waals surface area contributed by atoms with Gasteiger partial charge in [0, 0.05) is 25.0 Å². The topological polar surface area (TPSA) is 119 Å². The summed E-state index contributed by atoms with van der Waals surface area (Å²) in [5, 5.41) is 7.80. The van der Waals surface area contributed by atoms with Crippen molar-refractivity contribution >= 4 is 27.3 Å². The summed E-state index contributed by atoms with van der Waals surface area (Å²) >= 11 is 0. The van der Waals surface area contributed by atoms with E-state index in [-0.39, 0.29) is 16.8 Å². The number of nitrogen functional groups attached to an aromatic ring is 1. The Morgan fingerprint density at radius 2 is 2.05 bits per heavy atom. The number of piperidine rings is 1. The molecule has 1 aliphatic rings. The number of hydrogen-bond donors (Lipinski definition) is 3. The number of nitrogens with two attached hydrogens (primary N) is 2. The number of hydrogen-bond acceptors (Lipinski definition) is 5. The van der Waals surface area contributed by atoms with Crippen molar-refractivity contribution in [1.29, 1.82) is 0 Å². The molecule has 21 heavy (non-hydrogen) atoms. The van der Waals surface area contributed by atoms with Crippen molar-refractivity contribution in [3.8, 4) is 0 Å². The maximum atomic E-state index is 12.0. The molecule has 1 amide bonds. The van der Waals surface area contributed by atoms with Crippen LogP contribution in [0.15, 0.2) is 23.1 Å². The number of carbonyl (C=O) groups excluding carboxylic acids is 1. The fraction of sp³-hybridized carbons (Fsp3) is 0.462. The second-order valence-electron chi connectivity index (χ2n) is 5.12. The molecule has 5 N–H and O–H groups in total. The molecule has 0 spiro atoms. The molecule has 1 unspecified atom stereocenters. The highest BCUT2D eigenvalue weighted by Gasteiger charge is 2.29. The maximum Gasteiger partial charge on any atom is 0.242 e. The number of nitrogens with zero attached hydrogens (tertiary/aromatic N) is 1. The fourth-order valence-electron chi connectivity index (χ4n) is 2.62. The zero-order chi connectivity index (χ0) is 15.6. The summed E-state index contributed by atoms with van der Waals surface area (Å²) in [6, 6.07) is 4.12. The Hall–Kier alpha value is -1.80. The van der Waals surface area contributed by atoms with E-state index in [1.807, 2.05) is 4.90 Å². The van der Waals surface area contributed by atoms with Crippen LogP contribution in [0.25, 0.3) is 0 Å². The summed E-state index contributed by atoms with van der Waals surface area (Å²) in [7, 11) is -2.25. The number of likely N-dealkylation sites (N-methyl/N-ethyl adjacent to an activating group) is 1. The molecule has 0 radical (unpaired) electrons. The maximum absolute atomic E-state index is 12.0. The van der Waals surface area contributed by atoms with E-state index in [2.05, 4.69) is 5.32 Å². The number of sulfonamides is 1. The van der Waals surface area contributed by atoms with Crippen LogP contribution in [0.2, 0.25) is 0 Å². The van der Waals surface area contributed by atoms with Gasteiger partial charge in [-0.05, 0) is 37.5 Å². The molecule has 1 aliphatic heterocycles. The van der Waals surface area contributed by atoms with Gasteiger partial charge in [0.25, 0.3) is 0 Å². The molecule has 2 rings (SSSR count). The average molecular weight is 312 g/mol. The second-order valence-corrected chi connectivity index (χ2v) is 6.69. The van der Waals surface area contributed by atoms with Crippen LogP contribution in [-0.4, -0.2) is 34.0 Å². The Bertz CT molecular complexity index is 645. The summed E-state index contributed by atoms with van der Waals surface area (Å²) in [4.78, 5) is 13.8. The van der Waals surface area contributed by atoms with Crippen LogP contribution in [0.5, 0.6) is 0 Å². The smallest absolute Gasteiger partial charge is 0.242 e. The summed E-state index contributed by atoms with van der Waals surface area (Å²) in [5.41, 5.74) is 6.68. The van der Waals surface area contributed by atoms with Gasteiger partial charge in [-0.3, -0.25) is 4.79 Å². The van der Waals surface area contributed by atoms with Crippen molar-refractivity contribution in [3.63, 3.8) is 0 Å². The Morgan fingerprint density at radius 3 is 2.67 bits per heavy atom.